The molecule has 0 aliphatic carbocycles. The van der Waals surface area contributed by atoms with Crippen molar-refractivity contribution in [3.63, 3.8) is 0 Å². The SMILES string of the molecule is COc1ccccc1NC(=O)N1CCN(c2ccc3nnc(-c4ccccc4)n3n2)CC1. The van der Waals surface area contributed by atoms with Crippen molar-refractivity contribution in [2.45, 2.75) is 0 Å². The molecule has 1 aliphatic heterocycles. The van der Waals surface area contributed by atoms with Gasteiger partial charge in [-0.05, 0) is 24.3 Å². The van der Waals surface area contributed by atoms with Gasteiger partial charge < -0.3 is 19.9 Å². The van der Waals surface area contributed by atoms with Crippen molar-refractivity contribution in [3.8, 4) is 17.1 Å². The number of carbonyl (C=O) groups excluding carboxylic acids is 1. The summed E-state index contributed by atoms with van der Waals surface area (Å²) in [4.78, 5) is 16.7. The van der Waals surface area contributed by atoms with Crippen molar-refractivity contribution in [3.05, 3.63) is 66.7 Å². The zero-order valence-electron chi connectivity index (χ0n) is 17.7. The second-order valence-corrected chi connectivity index (χ2v) is 7.46. The Morgan fingerprint density at radius 3 is 2.44 bits per heavy atom. The van der Waals surface area contributed by atoms with Crippen molar-refractivity contribution in [1.29, 1.82) is 0 Å². The Morgan fingerprint density at radius 1 is 0.906 bits per heavy atom. The molecule has 162 valence electrons. The van der Waals surface area contributed by atoms with E-state index in [1.165, 1.54) is 0 Å². The van der Waals surface area contributed by atoms with E-state index in [1.54, 1.807) is 16.5 Å². The minimum absolute atomic E-state index is 0.136. The highest BCUT2D eigenvalue weighted by atomic mass is 16.5. The summed E-state index contributed by atoms with van der Waals surface area (Å²) >= 11 is 0. The van der Waals surface area contributed by atoms with Gasteiger partial charge in [-0.25, -0.2) is 4.79 Å². The van der Waals surface area contributed by atoms with Crippen LogP contribution in [-0.4, -0.2) is 64.0 Å². The van der Waals surface area contributed by atoms with Gasteiger partial charge in [0, 0.05) is 31.7 Å². The van der Waals surface area contributed by atoms with Gasteiger partial charge in [0.05, 0.1) is 12.8 Å². The molecule has 4 aromatic rings. The van der Waals surface area contributed by atoms with E-state index in [0.29, 0.717) is 49.1 Å². The largest absolute Gasteiger partial charge is 0.495 e. The molecular weight excluding hydrogens is 406 g/mol. The van der Waals surface area contributed by atoms with Crippen molar-refractivity contribution < 1.29 is 9.53 Å². The van der Waals surface area contributed by atoms with Crippen LogP contribution < -0.4 is 15.0 Å². The van der Waals surface area contributed by atoms with E-state index >= 15 is 0 Å². The number of aromatic nitrogens is 4. The predicted octanol–water partition coefficient (Wildman–Crippen LogP) is 3.15. The maximum atomic E-state index is 12.7. The number of methoxy groups -OCH3 is 1. The summed E-state index contributed by atoms with van der Waals surface area (Å²) in [5.74, 6) is 2.18. The number of para-hydroxylation sites is 2. The van der Waals surface area contributed by atoms with Gasteiger partial charge in [-0.3, -0.25) is 0 Å². The number of urea groups is 1. The number of anilines is 2. The van der Waals surface area contributed by atoms with Gasteiger partial charge in [0.2, 0.25) is 0 Å². The summed E-state index contributed by atoms with van der Waals surface area (Å²) in [5.41, 5.74) is 2.32. The standard InChI is InChI=1S/C23H23N7O2/c1-32-19-10-6-5-9-18(19)24-23(31)29-15-13-28(14-16-29)21-12-11-20-25-26-22(30(20)27-21)17-7-3-2-4-8-17/h2-12H,13-16H2,1H3,(H,24,31). The summed E-state index contributed by atoms with van der Waals surface area (Å²) in [5, 5.41) is 16.2. The molecule has 1 saturated heterocycles. The summed E-state index contributed by atoms with van der Waals surface area (Å²) in [6.45, 7) is 2.55. The van der Waals surface area contributed by atoms with Crippen molar-refractivity contribution in [2.24, 2.45) is 0 Å². The Hall–Kier alpha value is -4.14. The normalized spacial score (nSPS) is 13.9. The van der Waals surface area contributed by atoms with E-state index in [4.69, 9.17) is 9.84 Å². The van der Waals surface area contributed by atoms with Crippen molar-refractivity contribution in [1.82, 2.24) is 24.7 Å². The monoisotopic (exact) mass is 429 g/mol. The first kappa shape index (κ1) is 19.8. The number of benzene rings is 2. The third-order valence-corrected chi connectivity index (χ3v) is 5.52. The fourth-order valence-corrected chi connectivity index (χ4v) is 3.80. The fraction of sp³-hybridized carbons (Fsp3) is 0.217. The highest BCUT2D eigenvalue weighted by Crippen LogP contribution is 2.24. The van der Waals surface area contributed by atoms with Crippen molar-refractivity contribution >= 4 is 23.2 Å². The molecule has 1 N–H and O–H groups in total. The van der Waals surface area contributed by atoms with Crippen LogP contribution in [0.25, 0.3) is 17.0 Å². The molecular formula is C23H23N7O2. The maximum absolute atomic E-state index is 12.7. The van der Waals surface area contributed by atoms with Crippen LogP contribution >= 0.6 is 0 Å². The van der Waals surface area contributed by atoms with Crippen LogP contribution in [0.5, 0.6) is 5.75 Å². The molecule has 32 heavy (non-hydrogen) atoms. The molecule has 2 aromatic carbocycles. The molecule has 0 spiro atoms. The van der Waals surface area contributed by atoms with E-state index in [1.807, 2.05) is 66.7 Å². The number of nitrogens with zero attached hydrogens (tertiary/aromatic N) is 6. The number of piperazine rings is 1. The summed E-state index contributed by atoms with van der Waals surface area (Å²) in [6.07, 6.45) is 0. The van der Waals surface area contributed by atoms with Crippen LogP contribution in [-0.2, 0) is 0 Å². The van der Waals surface area contributed by atoms with Crippen LogP contribution in [0.15, 0.2) is 66.7 Å². The number of hydrogen-bond donors (Lipinski definition) is 1. The zero-order chi connectivity index (χ0) is 21.9. The Morgan fingerprint density at radius 2 is 1.66 bits per heavy atom. The minimum atomic E-state index is -0.136. The molecule has 3 heterocycles. The molecule has 2 aromatic heterocycles. The number of amides is 2. The van der Waals surface area contributed by atoms with Gasteiger partial charge in [0.25, 0.3) is 0 Å². The van der Waals surface area contributed by atoms with E-state index in [2.05, 4.69) is 20.4 Å². The topological polar surface area (TPSA) is 87.9 Å². The van der Waals surface area contributed by atoms with Gasteiger partial charge in [0.15, 0.2) is 11.5 Å². The first-order valence-electron chi connectivity index (χ1n) is 10.4. The lowest BCUT2D eigenvalue weighted by Crippen LogP contribution is -2.50. The molecule has 1 aliphatic rings. The minimum Gasteiger partial charge on any atom is -0.495 e. The van der Waals surface area contributed by atoms with Crippen molar-refractivity contribution in [2.75, 3.05) is 43.5 Å². The fourth-order valence-electron chi connectivity index (χ4n) is 3.80. The third kappa shape index (κ3) is 3.80. The molecule has 0 bridgehead atoms. The van der Waals surface area contributed by atoms with Crippen LogP contribution in [0, 0.1) is 0 Å². The van der Waals surface area contributed by atoms with Crippen LogP contribution in [0.4, 0.5) is 16.3 Å². The van der Waals surface area contributed by atoms with Gasteiger partial charge in [0.1, 0.15) is 11.6 Å². The molecule has 2 amide bonds. The number of ether oxygens (including phenoxy) is 1. The van der Waals surface area contributed by atoms with E-state index in [9.17, 15) is 4.79 Å². The lowest BCUT2D eigenvalue weighted by molar-refractivity contribution is 0.208. The van der Waals surface area contributed by atoms with Crippen LogP contribution in [0.1, 0.15) is 0 Å². The quantitative estimate of drug-likeness (QED) is 0.536. The predicted molar refractivity (Wildman–Crippen MR) is 122 cm³/mol. The first-order valence-corrected chi connectivity index (χ1v) is 10.4. The molecule has 9 heteroatoms. The lowest BCUT2D eigenvalue weighted by Gasteiger charge is -2.35. The maximum Gasteiger partial charge on any atom is 0.322 e. The average molecular weight is 429 g/mol. The number of fused-ring (bicyclic) bond motifs is 1. The van der Waals surface area contributed by atoms with Gasteiger partial charge in [-0.2, -0.15) is 4.52 Å². The van der Waals surface area contributed by atoms with Gasteiger partial charge in [-0.15, -0.1) is 15.3 Å². The Labute approximate surface area is 185 Å². The van der Waals surface area contributed by atoms with E-state index < -0.39 is 0 Å². The highest BCUT2D eigenvalue weighted by Gasteiger charge is 2.23. The number of hydrogen-bond acceptors (Lipinski definition) is 6. The first-order chi connectivity index (χ1) is 15.7. The number of nitrogens with one attached hydrogen (secondary N) is 1. The Balaban J connectivity index is 1.28. The number of carbonyl (C=O) groups is 1. The van der Waals surface area contributed by atoms with Crippen LogP contribution in [0.3, 0.4) is 0 Å². The smallest absolute Gasteiger partial charge is 0.322 e. The summed E-state index contributed by atoms with van der Waals surface area (Å²) < 4.78 is 7.09. The third-order valence-electron chi connectivity index (χ3n) is 5.52. The van der Waals surface area contributed by atoms with Gasteiger partial charge in [-0.1, -0.05) is 42.5 Å². The molecule has 0 unspecified atom stereocenters. The molecule has 5 rings (SSSR count). The molecule has 0 atom stereocenters. The van der Waals surface area contributed by atoms with Gasteiger partial charge >= 0.3 is 6.03 Å². The molecule has 9 nitrogen and oxygen atoms in total. The summed E-state index contributed by atoms with van der Waals surface area (Å²) in [6, 6.07) is 21.0. The number of rotatable bonds is 4. The average Bonchev–Trinajstić information content (AvgIpc) is 3.28. The molecule has 1 fully saturated rings. The molecule has 0 radical (unpaired) electrons. The van der Waals surface area contributed by atoms with Crippen LogP contribution in [0.2, 0.25) is 0 Å². The zero-order valence-corrected chi connectivity index (χ0v) is 17.7. The summed E-state index contributed by atoms with van der Waals surface area (Å²) in [7, 11) is 1.59. The molecule has 0 saturated carbocycles. The van der Waals surface area contributed by atoms with E-state index in [0.717, 1.165) is 11.4 Å². The second kappa shape index (κ2) is 8.54. The highest BCUT2D eigenvalue weighted by molar-refractivity contribution is 5.91. The Kier molecular flexibility index (Phi) is 5.29. The second-order valence-electron chi connectivity index (χ2n) is 7.46. The Bertz CT molecular complexity index is 1230. The van der Waals surface area contributed by atoms with E-state index in [-0.39, 0.29) is 6.03 Å². The lowest BCUT2D eigenvalue weighted by atomic mass is 10.2.